The van der Waals surface area contributed by atoms with Gasteiger partial charge in [-0.3, -0.25) is 4.74 Å². The van der Waals surface area contributed by atoms with E-state index in [1.165, 1.54) is 0 Å². The first-order valence-corrected chi connectivity index (χ1v) is 8.07. The van der Waals surface area contributed by atoms with Gasteiger partial charge in [-0.1, -0.05) is 0 Å². The molecule has 17 heteroatoms. The maximum absolute atomic E-state index is 14.4. The lowest BCUT2D eigenvalue weighted by Crippen LogP contribution is -2.67. The smallest absolute Gasteiger partial charge is 0.398 e. The molecule has 0 aliphatic carbocycles. The van der Waals surface area contributed by atoms with Crippen molar-refractivity contribution in [1.29, 1.82) is 5.26 Å². The van der Waals surface area contributed by atoms with Crippen LogP contribution in [0.4, 0.5) is 57.1 Å². The van der Waals surface area contributed by atoms with Gasteiger partial charge in [0.25, 0.3) is 0 Å². The van der Waals surface area contributed by atoms with Gasteiger partial charge in [-0.15, -0.1) is 0 Å². The second-order valence-corrected chi connectivity index (χ2v) is 6.24. The van der Waals surface area contributed by atoms with Crippen molar-refractivity contribution in [3.8, 4) is 6.07 Å². The summed E-state index contributed by atoms with van der Waals surface area (Å²) in [4.78, 5) is 0. The van der Waals surface area contributed by atoms with E-state index in [-0.39, 0.29) is 19.8 Å². The van der Waals surface area contributed by atoms with Gasteiger partial charge in [-0.25, -0.2) is 0 Å². The first-order valence-electron chi connectivity index (χ1n) is 8.07. The van der Waals surface area contributed by atoms with Gasteiger partial charge in [0.05, 0.1) is 6.07 Å². The molecule has 2 unspecified atom stereocenters. The normalized spacial score (nSPS) is 17.2. The van der Waals surface area contributed by atoms with Gasteiger partial charge < -0.3 is 9.47 Å². The minimum atomic E-state index is -7.33. The highest BCUT2D eigenvalue weighted by Crippen LogP contribution is 2.55. The molecule has 0 aromatic rings. The van der Waals surface area contributed by atoms with Crippen LogP contribution in [-0.4, -0.2) is 42.9 Å². The van der Waals surface area contributed by atoms with E-state index in [1.54, 1.807) is 6.07 Å². The fourth-order valence-corrected chi connectivity index (χ4v) is 2.10. The fraction of sp³-hybridized carbons (Fsp3) is 0.800. The summed E-state index contributed by atoms with van der Waals surface area (Å²) in [6.45, 7) is 0.194. The van der Waals surface area contributed by atoms with Crippen molar-refractivity contribution in [2.75, 3.05) is 7.11 Å². The van der Waals surface area contributed by atoms with Crippen molar-refractivity contribution >= 4 is 0 Å². The highest BCUT2D eigenvalue weighted by molar-refractivity contribution is 5.00. The third-order valence-electron chi connectivity index (χ3n) is 4.05. The molecule has 0 fully saturated rings. The van der Waals surface area contributed by atoms with Gasteiger partial charge >= 0.3 is 42.3 Å². The third-order valence-corrected chi connectivity index (χ3v) is 4.05. The molecule has 0 saturated carbocycles. The van der Waals surface area contributed by atoms with E-state index >= 15 is 0 Å². The van der Waals surface area contributed by atoms with Crippen LogP contribution in [0.1, 0.15) is 32.6 Å². The average molecular weight is 503 g/mol. The van der Waals surface area contributed by atoms with E-state index < -0.39 is 60.7 Å². The Bertz CT molecular complexity index is 714. The van der Waals surface area contributed by atoms with Crippen molar-refractivity contribution in [2.24, 2.45) is 0 Å². The second kappa shape index (κ2) is 9.89. The van der Waals surface area contributed by atoms with Crippen molar-refractivity contribution in [1.82, 2.24) is 0 Å². The van der Waals surface area contributed by atoms with Gasteiger partial charge in [0, 0.05) is 13.5 Å². The Hall–Kier alpha value is -1.96. The number of nitrogens with zero attached hydrogens (tertiary/aromatic N) is 1. The molecule has 0 bridgehead atoms. The maximum atomic E-state index is 14.4. The van der Waals surface area contributed by atoms with Crippen LogP contribution in [0.5, 0.6) is 0 Å². The van der Waals surface area contributed by atoms with Gasteiger partial charge in [-0.05, 0) is 26.2 Å². The highest BCUT2D eigenvalue weighted by Gasteiger charge is 2.82. The topological polar surface area (TPSA) is 51.5 Å². The van der Waals surface area contributed by atoms with Crippen LogP contribution in [0.25, 0.3) is 0 Å². The molecular formula is C15H14F13NO3. The summed E-state index contributed by atoms with van der Waals surface area (Å²) in [7, 11) is 0.378. The van der Waals surface area contributed by atoms with Crippen molar-refractivity contribution < 1.29 is 71.3 Å². The van der Waals surface area contributed by atoms with E-state index in [9.17, 15) is 57.1 Å². The minimum Gasteiger partial charge on any atom is -0.398 e. The highest BCUT2D eigenvalue weighted by atomic mass is 19.4. The summed E-state index contributed by atoms with van der Waals surface area (Å²) in [5.74, 6) is -13.2. The van der Waals surface area contributed by atoms with Gasteiger partial charge in [0.1, 0.15) is 5.60 Å². The quantitative estimate of drug-likeness (QED) is 0.171. The predicted molar refractivity (Wildman–Crippen MR) is 76.8 cm³/mol. The molecule has 0 heterocycles. The molecule has 0 saturated heterocycles. The predicted octanol–water partition coefficient (Wildman–Crippen LogP) is 6.59. The molecule has 0 spiro atoms. The Morgan fingerprint density at radius 3 is 1.72 bits per heavy atom. The summed E-state index contributed by atoms with van der Waals surface area (Å²) < 4.78 is 181. The lowest BCUT2D eigenvalue weighted by atomic mass is 9.90. The molecule has 0 aliphatic heterocycles. The third kappa shape index (κ3) is 5.88. The van der Waals surface area contributed by atoms with Gasteiger partial charge in [-0.2, -0.15) is 62.3 Å². The molecule has 188 valence electrons. The summed E-state index contributed by atoms with van der Waals surface area (Å²) in [5, 5.41) is 8.34. The number of hydrogen-bond acceptors (Lipinski definition) is 4. The largest absolute Gasteiger partial charge is 0.471 e. The molecule has 0 aliphatic rings. The number of hydrogen-bond donors (Lipinski definition) is 0. The molecule has 0 aromatic carbocycles. The van der Waals surface area contributed by atoms with Crippen LogP contribution < -0.4 is 0 Å². The Kier molecular flexibility index (Phi) is 9.29. The Morgan fingerprint density at radius 2 is 1.34 bits per heavy atom. The van der Waals surface area contributed by atoms with Crippen LogP contribution in [0.2, 0.25) is 0 Å². The van der Waals surface area contributed by atoms with Crippen molar-refractivity contribution in [3.63, 3.8) is 0 Å². The molecular weight excluding hydrogens is 489 g/mol. The van der Waals surface area contributed by atoms with Crippen LogP contribution >= 0.6 is 0 Å². The maximum Gasteiger partial charge on any atom is 0.471 e. The molecule has 0 amide bonds. The van der Waals surface area contributed by atoms with E-state index in [0.29, 0.717) is 7.11 Å². The fourth-order valence-electron chi connectivity index (χ4n) is 2.10. The lowest BCUT2D eigenvalue weighted by Gasteiger charge is -2.42. The molecule has 0 radical (unpaired) electrons. The SMILES string of the molecule is COC(C)(CCCCC#N)C(F)(F)C(F)(F)OC(F)(C(F)(F)F)C(F)(F)OC(F)=C(F)F. The molecule has 4 nitrogen and oxygen atoms in total. The minimum absolute atomic E-state index is 0.181. The number of methoxy groups -OCH3 is 1. The van der Waals surface area contributed by atoms with Crippen LogP contribution in [0.3, 0.4) is 0 Å². The van der Waals surface area contributed by atoms with Gasteiger partial charge in [0.2, 0.25) is 0 Å². The molecule has 32 heavy (non-hydrogen) atoms. The zero-order valence-electron chi connectivity index (χ0n) is 15.9. The number of alkyl halides is 10. The van der Waals surface area contributed by atoms with E-state index in [2.05, 4.69) is 14.2 Å². The number of ether oxygens (including phenoxy) is 3. The zero-order chi connectivity index (χ0) is 25.8. The van der Waals surface area contributed by atoms with Gasteiger partial charge in [0.15, 0.2) is 0 Å². The molecule has 0 aromatic heterocycles. The van der Waals surface area contributed by atoms with Crippen molar-refractivity contribution in [3.05, 3.63) is 12.1 Å². The van der Waals surface area contributed by atoms with Crippen LogP contribution in [0, 0.1) is 11.3 Å². The summed E-state index contributed by atoms with van der Waals surface area (Å²) in [6.07, 6.45) is -27.0. The van der Waals surface area contributed by atoms with Crippen molar-refractivity contribution in [2.45, 2.75) is 68.4 Å². The summed E-state index contributed by atoms with van der Waals surface area (Å²) in [6, 6.07) is -2.25. The Balaban J connectivity index is 6.29. The molecule has 2 atom stereocenters. The van der Waals surface area contributed by atoms with E-state index in [0.717, 1.165) is 0 Å². The standard InChI is InChI=1S/C15H14F13NO3/c1-10(30-2,6-4-3-5-7-29)11(19,20)14(25,26)32-12(21,13(22,23)24)15(27,28)31-9(18)8(16)17/h3-6H2,1-2H3. The average Bonchev–Trinajstić information content (AvgIpc) is 2.62. The molecule has 0 rings (SSSR count). The first kappa shape index (κ1) is 30.0. The zero-order valence-corrected chi connectivity index (χ0v) is 15.9. The number of halogens is 13. The number of nitriles is 1. The number of rotatable bonds is 12. The Morgan fingerprint density at radius 1 is 0.844 bits per heavy atom. The van der Waals surface area contributed by atoms with Crippen LogP contribution in [0.15, 0.2) is 12.1 Å². The van der Waals surface area contributed by atoms with E-state index in [1.807, 2.05) is 0 Å². The van der Waals surface area contributed by atoms with E-state index in [4.69, 9.17) is 5.26 Å². The Labute approximate surface area is 171 Å². The lowest BCUT2D eigenvalue weighted by molar-refractivity contribution is -0.524. The monoisotopic (exact) mass is 503 g/mol. The first-order chi connectivity index (χ1) is 14.2. The number of unbranched alkanes of at least 4 members (excludes halogenated alkanes) is 2. The van der Waals surface area contributed by atoms with Crippen LogP contribution in [-0.2, 0) is 14.2 Å². The molecule has 0 N–H and O–H groups in total. The summed E-state index contributed by atoms with van der Waals surface area (Å²) in [5.41, 5.74) is -3.47. The second-order valence-electron chi connectivity index (χ2n) is 6.24. The summed E-state index contributed by atoms with van der Waals surface area (Å²) >= 11 is 0.